The number of aromatic carboxylic acids is 1. The van der Waals surface area contributed by atoms with Crippen molar-refractivity contribution in [3.63, 3.8) is 0 Å². The van der Waals surface area contributed by atoms with Crippen LogP contribution in [0.25, 0.3) is 0 Å². The Bertz CT molecular complexity index is 605. The molecule has 1 unspecified atom stereocenters. The van der Waals surface area contributed by atoms with Gasteiger partial charge in [0.1, 0.15) is 10.7 Å². The van der Waals surface area contributed by atoms with E-state index in [0.717, 1.165) is 5.56 Å². The van der Waals surface area contributed by atoms with Gasteiger partial charge in [-0.2, -0.15) is 0 Å². The van der Waals surface area contributed by atoms with Gasteiger partial charge >= 0.3 is 5.97 Å². The van der Waals surface area contributed by atoms with Gasteiger partial charge < -0.3 is 15.5 Å². The summed E-state index contributed by atoms with van der Waals surface area (Å²) in [5.41, 5.74) is 1.17. The molecule has 0 saturated carbocycles. The third-order valence-electron chi connectivity index (χ3n) is 2.82. The minimum Gasteiger partial charge on any atom is -0.478 e. The summed E-state index contributed by atoms with van der Waals surface area (Å²) in [6.07, 6.45) is 1.19. The minimum absolute atomic E-state index is 0.00350. The molecule has 0 saturated heterocycles. The van der Waals surface area contributed by atoms with E-state index in [0.29, 0.717) is 5.69 Å². The number of nitrogens with zero attached hydrogens (tertiary/aromatic N) is 1. The van der Waals surface area contributed by atoms with Gasteiger partial charge in [-0.05, 0) is 11.6 Å². The lowest BCUT2D eigenvalue weighted by atomic mass is 10.1. The molecule has 2 aromatic rings. The molecule has 1 aromatic heterocycles. The van der Waals surface area contributed by atoms with Crippen LogP contribution < -0.4 is 5.32 Å². The topological polar surface area (TPSA) is 82.5 Å². The summed E-state index contributed by atoms with van der Waals surface area (Å²) in [5.74, 6) is -1.11. The summed E-state index contributed by atoms with van der Waals surface area (Å²) in [6.45, 7) is -0.178. The van der Waals surface area contributed by atoms with Gasteiger partial charge in [-0.15, -0.1) is 0 Å². The highest BCUT2D eigenvalue weighted by molar-refractivity contribution is 6.29. The number of rotatable bonds is 5. The number of benzene rings is 1. The van der Waals surface area contributed by atoms with E-state index in [1.165, 1.54) is 12.3 Å². The number of pyridine rings is 1. The molecule has 0 aliphatic carbocycles. The number of carbonyl (C=O) groups is 1. The Labute approximate surface area is 120 Å². The Hall–Kier alpha value is -2.11. The number of halogens is 1. The smallest absolute Gasteiger partial charge is 0.339 e. The normalized spacial score (nSPS) is 11.9. The van der Waals surface area contributed by atoms with Gasteiger partial charge in [0.2, 0.25) is 0 Å². The maximum absolute atomic E-state index is 11.2. The highest BCUT2D eigenvalue weighted by Gasteiger charge is 2.16. The fourth-order valence-electron chi connectivity index (χ4n) is 1.83. The van der Waals surface area contributed by atoms with Crippen LogP contribution in [-0.2, 0) is 0 Å². The summed E-state index contributed by atoms with van der Waals surface area (Å²) in [6, 6.07) is 10.2. The van der Waals surface area contributed by atoms with Crippen molar-refractivity contribution in [3.8, 4) is 0 Å². The molecule has 0 aliphatic rings. The molecule has 1 atom stereocenters. The monoisotopic (exact) mass is 292 g/mol. The first-order valence-corrected chi connectivity index (χ1v) is 6.31. The molecule has 0 radical (unpaired) electrons. The second-order valence-corrected chi connectivity index (χ2v) is 4.54. The van der Waals surface area contributed by atoms with E-state index in [-0.39, 0.29) is 17.3 Å². The first-order chi connectivity index (χ1) is 9.61. The largest absolute Gasteiger partial charge is 0.478 e. The van der Waals surface area contributed by atoms with Crippen LogP contribution in [0.3, 0.4) is 0 Å². The number of hydrogen-bond acceptors (Lipinski definition) is 4. The van der Waals surface area contributed by atoms with Crippen molar-refractivity contribution < 1.29 is 15.0 Å². The van der Waals surface area contributed by atoms with Crippen LogP contribution in [0.2, 0.25) is 5.15 Å². The first-order valence-electron chi connectivity index (χ1n) is 5.93. The predicted octanol–water partition coefficient (Wildman–Crippen LogP) is 2.58. The molecule has 5 nitrogen and oxygen atoms in total. The van der Waals surface area contributed by atoms with Crippen LogP contribution in [0.4, 0.5) is 5.69 Å². The lowest BCUT2D eigenvalue weighted by molar-refractivity contribution is 0.0697. The van der Waals surface area contributed by atoms with Gasteiger partial charge in [-0.3, -0.25) is 0 Å². The molecule has 0 bridgehead atoms. The van der Waals surface area contributed by atoms with Crippen LogP contribution in [0, 0.1) is 0 Å². The Balaban J connectivity index is 2.32. The number of aromatic nitrogens is 1. The fourth-order valence-corrected chi connectivity index (χ4v) is 1.99. The van der Waals surface area contributed by atoms with Crippen molar-refractivity contribution >= 4 is 23.3 Å². The Morgan fingerprint density at radius 3 is 2.65 bits per heavy atom. The van der Waals surface area contributed by atoms with Crippen LogP contribution in [-0.4, -0.2) is 27.8 Å². The van der Waals surface area contributed by atoms with Gasteiger partial charge in [-0.1, -0.05) is 41.9 Å². The highest BCUT2D eigenvalue weighted by atomic mass is 35.5. The summed E-state index contributed by atoms with van der Waals surface area (Å²) >= 11 is 5.79. The molecule has 0 fully saturated rings. The van der Waals surface area contributed by atoms with Crippen LogP contribution in [0.1, 0.15) is 22.0 Å². The molecule has 0 aliphatic heterocycles. The molecule has 104 valence electrons. The van der Waals surface area contributed by atoms with E-state index < -0.39 is 12.0 Å². The first kappa shape index (κ1) is 14.3. The molecule has 2 rings (SSSR count). The van der Waals surface area contributed by atoms with Gasteiger partial charge in [0.05, 0.1) is 18.3 Å². The molecule has 0 amide bonds. The number of nitrogens with one attached hydrogen (secondary N) is 1. The Morgan fingerprint density at radius 1 is 1.35 bits per heavy atom. The van der Waals surface area contributed by atoms with E-state index in [9.17, 15) is 9.90 Å². The second kappa shape index (κ2) is 6.36. The van der Waals surface area contributed by atoms with E-state index >= 15 is 0 Å². The third kappa shape index (κ3) is 3.26. The van der Waals surface area contributed by atoms with Gasteiger partial charge in [0, 0.05) is 6.20 Å². The lowest BCUT2D eigenvalue weighted by Crippen LogP contribution is -2.17. The standard InChI is InChI=1S/C14H13ClN2O3/c15-13-6-11(10(7-16-13)14(19)20)17-12(8-18)9-4-2-1-3-5-9/h1-7,12,18H,8H2,(H,16,17)(H,19,20). The summed E-state index contributed by atoms with van der Waals surface area (Å²) in [4.78, 5) is 14.9. The number of carboxylic acid groups (broad SMARTS) is 1. The van der Waals surface area contributed by atoms with Crippen LogP contribution in [0.5, 0.6) is 0 Å². The zero-order valence-corrected chi connectivity index (χ0v) is 11.2. The summed E-state index contributed by atoms with van der Waals surface area (Å²) < 4.78 is 0. The zero-order chi connectivity index (χ0) is 14.5. The number of hydrogen-bond donors (Lipinski definition) is 3. The summed E-state index contributed by atoms with van der Waals surface area (Å²) in [7, 11) is 0. The maximum atomic E-state index is 11.2. The van der Waals surface area contributed by atoms with Crippen molar-refractivity contribution in [2.24, 2.45) is 0 Å². The van der Waals surface area contributed by atoms with Crippen molar-refractivity contribution in [2.75, 3.05) is 11.9 Å². The number of aliphatic hydroxyl groups is 1. The maximum Gasteiger partial charge on any atom is 0.339 e. The number of anilines is 1. The quantitative estimate of drug-likeness (QED) is 0.738. The van der Waals surface area contributed by atoms with Crippen molar-refractivity contribution in [1.29, 1.82) is 0 Å². The summed E-state index contributed by atoms with van der Waals surface area (Å²) in [5, 5.41) is 21.8. The Kier molecular flexibility index (Phi) is 4.55. The van der Waals surface area contributed by atoms with E-state index in [4.69, 9.17) is 16.7 Å². The van der Waals surface area contributed by atoms with Crippen LogP contribution in [0.15, 0.2) is 42.6 Å². The van der Waals surface area contributed by atoms with Crippen molar-refractivity contribution in [1.82, 2.24) is 4.98 Å². The zero-order valence-electron chi connectivity index (χ0n) is 10.5. The van der Waals surface area contributed by atoms with E-state index in [1.54, 1.807) is 0 Å². The Morgan fingerprint density at radius 2 is 2.05 bits per heavy atom. The third-order valence-corrected chi connectivity index (χ3v) is 3.02. The van der Waals surface area contributed by atoms with Gasteiger partial charge in [0.25, 0.3) is 0 Å². The van der Waals surface area contributed by atoms with Crippen molar-refractivity contribution in [3.05, 3.63) is 58.9 Å². The van der Waals surface area contributed by atoms with Gasteiger partial charge in [0.15, 0.2) is 0 Å². The average molecular weight is 293 g/mol. The SMILES string of the molecule is O=C(O)c1cnc(Cl)cc1NC(CO)c1ccccc1. The molecular formula is C14H13ClN2O3. The fraction of sp³-hybridized carbons (Fsp3) is 0.143. The van der Waals surface area contributed by atoms with E-state index in [2.05, 4.69) is 10.3 Å². The molecular weight excluding hydrogens is 280 g/mol. The lowest BCUT2D eigenvalue weighted by Gasteiger charge is -2.19. The molecule has 1 heterocycles. The second-order valence-electron chi connectivity index (χ2n) is 4.15. The molecule has 20 heavy (non-hydrogen) atoms. The highest BCUT2D eigenvalue weighted by Crippen LogP contribution is 2.24. The van der Waals surface area contributed by atoms with E-state index in [1.807, 2.05) is 30.3 Å². The molecule has 6 heteroatoms. The molecule has 0 spiro atoms. The van der Waals surface area contributed by atoms with Crippen LogP contribution >= 0.6 is 11.6 Å². The molecule has 3 N–H and O–H groups in total. The van der Waals surface area contributed by atoms with Gasteiger partial charge in [-0.25, -0.2) is 9.78 Å². The minimum atomic E-state index is -1.11. The average Bonchev–Trinajstić information content (AvgIpc) is 2.45. The van der Waals surface area contributed by atoms with Crippen molar-refractivity contribution in [2.45, 2.75) is 6.04 Å². The number of aliphatic hydroxyl groups excluding tert-OH is 1. The predicted molar refractivity (Wildman–Crippen MR) is 76.1 cm³/mol. The molecule has 1 aromatic carbocycles. The number of carboxylic acids is 1.